The number of amides is 1. The van der Waals surface area contributed by atoms with Gasteiger partial charge in [0, 0.05) is 12.1 Å². The van der Waals surface area contributed by atoms with Gasteiger partial charge in [-0.25, -0.2) is 0 Å². The molecule has 0 atom stereocenters. The standard InChI is InChI=1S/C9H14N2O/c1-2-4-8(12)11-7-9(10)5-3-6-9/h1H,3-7,10H2,(H,11,12). The average Bonchev–Trinajstić information content (AvgIpc) is 1.98. The molecule has 0 aromatic carbocycles. The third-order valence-corrected chi connectivity index (χ3v) is 2.25. The maximum atomic E-state index is 10.9. The molecular weight excluding hydrogens is 152 g/mol. The van der Waals surface area contributed by atoms with Crippen molar-refractivity contribution in [3.05, 3.63) is 0 Å². The molecule has 0 radical (unpaired) electrons. The molecule has 3 N–H and O–H groups in total. The largest absolute Gasteiger partial charge is 0.353 e. The number of nitrogens with two attached hydrogens (primary N) is 1. The fourth-order valence-electron chi connectivity index (χ4n) is 1.24. The Kier molecular flexibility index (Phi) is 2.72. The van der Waals surface area contributed by atoms with Gasteiger partial charge in [0.15, 0.2) is 0 Å². The predicted molar refractivity (Wildman–Crippen MR) is 47.2 cm³/mol. The van der Waals surface area contributed by atoms with Crippen LogP contribution < -0.4 is 11.1 Å². The number of hydrogen-bond donors (Lipinski definition) is 2. The van der Waals surface area contributed by atoms with E-state index in [1.165, 1.54) is 6.42 Å². The van der Waals surface area contributed by atoms with E-state index in [1.807, 2.05) is 0 Å². The van der Waals surface area contributed by atoms with E-state index in [4.69, 9.17) is 12.2 Å². The quantitative estimate of drug-likeness (QED) is 0.580. The first-order chi connectivity index (χ1) is 5.66. The zero-order chi connectivity index (χ0) is 9.03. The van der Waals surface area contributed by atoms with Crippen LogP contribution in [-0.2, 0) is 4.79 Å². The SMILES string of the molecule is C#CCC(=O)NCC1(N)CCC1. The molecule has 0 unspecified atom stereocenters. The van der Waals surface area contributed by atoms with Gasteiger partial charge in [-0.15, -0.1) is 6.42 Å². The van der Waals surface area contributed by atoms with Crippen LogP contribution in [0.3, 0.4) is 0 Å². The highest BCUT2D eigenvalue weighted by Gasteiger charge is 2.32. The first-order valence-corrected chi connectivity index (χ1v) is 4.15. The van der Waals surface area contributed by atoms with Gasteiger partial charge in [-0.2, -0.15) is 0 Å². The fourth-order valence-corrected chi connectivity index (χ4v) is 1.24. The number of carbonyl (C=O) groups excluding carboxylic acids is 1. The lowest BCUT2D eigenvalue weighted by Crippen LogP contribution is -2.54. The minimum Gasteiger partial charge on any atom is -0.353 e. The van der Waals surface area contributed by atoms with Crippen LogP contribution in [0.5, 0.6) is 0 Å². The molecule has 1 fully saturated rings. The van der Waals surface area contributed by atoms with Gasteiger partial charge in [-0.1, -0.05) is 5.92 Å². The summed E-state index contributed by atoms with van der Waals surface area (Å²) in [4.78, 5) is 10.9. The van der Waals surface area contributed by atoms with E-state index in [-0.39, 0.29) is 17.9 Å². The Hall–Kier alpha value is -1.01. The van der Waals surface area contributed by atoms with Crippen LogP contribution in [0.1, 0.15) is 25.7 Å². The van der Waals surface area contributed by atoms with Crippen LogP contribution >= 0.6 is 0 Å². The van der Waals surface area contributed by atoms with Crippen molar-refractivity contribution in [1.82, 2.24) is 5.32 Å². The highest BCUT2D eigenvalue weighted by Crippen LogP contribution is 2.27. The maximum absolute atomic E-state index is 10.9. The van der Waals surface area contributed by atoms with E-state index in [2.05, 4.69) is 11.2 Å². The Morgan fingerprint density at radius 1 is 1.67 bits per heavy atom. The molecule has 3 heteroatoms. The van der Waals surface area contributed by atoms with Crippen molar-refractivity contribution < 1.29 is 4.79 Å². The Bertz CT molecular complexity index is 213. The van der Waals surface area contributed by atoms with Crippen molar-refractivity contribution in [1.29, 1.82) is 0 Å². The molecule has 0 saturated heterocycles. The van der Waals surface area contributed by atoms with Gasteiger partial charge in [-0.3, -0.25) is 4.79 Å². The second kappa shape index (κ2) is 3.59. The zero-order valence-corrected chi connectivity index (χ0v) is 7.10. The highest BCUT2D eigenvalue weighted by molar-refractivity contribution is 5.78. The van der Waals surface area contributed by atoms with Gasteiger partial charge in [0.2, 0.25) is 5.91 Å². The van der Waals surface area contributed by atoms with Crippen LogP contribution in [0.4, 0.5) is 0 Å². The van der Waals surface area contributed by atoms with Crippen LogP contribution in [0, 0.1) is 12.3 Å². The van der Waals surface area contributed by atoms with E-state index < -0.39 is 0 Å². The van der Waals surface area contributed by atoms with E-state index >= 15 is 0 Å². The molecule has 0 aromatic heterocycles. The van der Waals surface area contributed by atoms with Crippen molar-refractivity contribution in [3.63, 3.8) is 0 Å². The minimum atomic E-state index is -0.149. The summed E-state index contributed by atoms with van der Waals surface area (Å²) in [6.07, 6.45) is 8.30. The lowest BCUT2D eigenvalue weighted by molar-refractivity contribution is -0.120. The smallest absolute Gasteiger partial charge is 0.232 e. The van der Waals surface area contributed by atoms with Gasteiger partial charge in [0.1, 0.15) is 0 Å². The molecule has 66 valence electrons. The zero-order valence-electron chi connectivity index (χ0n) is 7.10. The number of nitrogens with one attached hydrogen (secondary N) is 1. The summed E-state index contributed by atoms with van der Waals surface area (Å²) in [6, 6.07) is 0. The van der Waals surface area contributed by atoms with Gasteiger partial charge in [-0.05, 0) is 19.3 Å². The molecule has 12 heavy (non-hydrogen) atoms. The van der Waals surface area contributed by atoms with Crippen LogP contribution in [0.15, 0.2) is 0 Å². The normalized spacial score (nSPS) is 19.0. The van der Waals surface area contributed by atoms with Crippen molar-refractivity contribution in [2.75, 3.05) is 6.54 Å². The molecular formula is C9H14N2O. The second-order valence-corrected chi connectivity index (χ2v) is 3.37. The maximum Gasteiger partial charge on any atom is 0.232 e. The summed E-state index contributed by atoms with van der Waals surface area (Å²) in [5, 5.41) is 2.72. The van der Waals surface area contributed by atoms with Gasteiger partial charge >= 0.3 is 0 Å². The van der Waals surface area contributed by atoms with E-state index in [0.717, 1.165) is 12.8 Å². The molecule has 0 aromatic rings. The average molecular weight is 166 g/mol. The van der Waals surface area contributed by atoms with Crippen molar-refractivity contribution in [3.8, 4) is 12.3 Å². The lowest BCUT2D eigenvalue weighted by Gasteiger charge is -2.38. The fraction of sp³-hybridized carbons (Fsp3) is 0.667. The first kappa shape index (κ1) is 9.08. The summed E-state index contributed by atoms with van der Waals surface area (Å²) < 4.78 is 0. The van der Waals surface area contributed by atoms with Crippen LogP contribution in [-0.4, -0.2) is 18.0 Å². The minimum absolute atomic E-state index is 0.103. The number of terminal acetylenes is 1. The summed E-state index contributed by atoms with van der Waals surface area (Å²) in [5.74, 6) is 2.18. The summed E-state index contributed by atoms with van der Waals surface area (Å²) in [5.41, 5.74) is 5.73. The molecule has 1 amide bonds. The van der Waals surface area contributed by atoms with E-state index in [9.17, 15) is 4.79 Å². The van der Waals surface area contributed by atoms with Gasteiger partial charge in [0.05, 0.1) is 6.42 Å². The van der Waals surface area contributed by atoms with Gasteiger partial charge < -0.3 is 11.1 Å². The molecule has 3 nitrogen and oxygen atoms in total. The summed E-state index contributed by atoms with van der Waals surface area (Å²) in [7, 11) is 0. The molecule has 1 saturated carbocycles. The molecule has 0 bridgehead atoms. The molecule has 0 spiro atoms. The monoisotopic (exact) mass is 166 g/mol. The Labute approximate surface area is 72.7 Å². The Morgan fingerprint density at radius 2 is 2.33 bits per heavy atom. The number of rotatable bonds is 3. The summed E-state index contributed by atoms with van der Waals surface area (Å²) in [6.45, 7) is 0.563. The van der Waals surface area contributed by atoms with Crippen molar-refractivity contribution in [2.24, 2.45) is 5.73 Å². The van der Waals surface area contributed by atoms with Crippen LogP contribution in [0.25, 0.3) is 0 Å². The molecule has 1 aliphatic carbocycles. The van der Waals surface area contributed by atoms with Crippen molar-refractivity contribution >= 4 is 5.91 Å². The highest BCUT2D eigenvalue weighted by atomic mass is 16.1. The lowest BCUT2D eigenvalue weighted by atomic mass is 9.78. The molecule has 1 aliphatic rings. The van der Waals surface area contributed by atoms with Crippen molar-refractivity contribution in [2.45, 2.75) is 31.2 Å². The summed E-state index contributed by atoms with van der Waals surface area (Å²) >= 11 is 0. The predicted octanol–water partition coefficient (Wildman–Crippen LogP) is 0.00730. The molecule has 0 heterocycles. The second-order valence-electron chi connectivity index (χ2n) is 3.37. The third kappa shape index (κ3) is 2.24. The third-order valence-electron chi connectivity index (χ3n) is 2.25. The van der Waals surface area contributed by atoms with Crippen LogP contribution in [0.2, 0.25) is 0 Å². The Morgan fingerprint density at radius 3 is 2.75 bits per heavy atom. The first-order valence-electron chi connectivity index (χ1n) is 4.15. The Balaban J connectivity index is 2.17. The van der Waals surface area contributed by atoms with E-state index in [1.54, 1.807) is 0 Å². The van der Waals surface area contributed by atoms with E-state index in [0.29, 0.717) is 6.54 Å². The topological polar surface area (TPSA) is 55.1 Å². The number of hydrogen-bond acceptors (Lipinski definition) is 2. The number of carbonyl (C=O) groups is 1. The molecule has 1 rings (SSSR count). The van der Waals surface area contributed by atoms with Gasteiger partial charge in [0.25, 0.3) is 0 Å². The molecule has 0 aliphatic heterocycles.